The number of amides is 1. The molecule has 4 nitrogen and oxygen atoms in total. The van der Waals surface area contributed by atoms with Crippen LogP contribution in [0.5, 0.6) is 0 Å². The fourth-order valence-corrected chi connectivity index (χ4v) is 3.80. The molecule has 30 heavy (non-hydrogen) atoms. The second-order valence-electron chi connectivity index (χ2n) is 7.51. The number of fused-ring (bicyclic) bond motifs is 1. The highest BCUT2D eigenvalue weighted by molar-refractivity contribution is 5.79. The molecule has 4 heteroatoms. The van der Waals surface area contributed by atoms with Crippen molar-refractivity contribution in [1.29, 1.82) is 0 Å². The number of hydrogen-bond acceptors (Lipinski definition) is 2. The van der Waals surface area contributed by atoms with Gasteiger partial charge in [-0.1, -0.05) is 73.7 Å². The van der Waals surface area contributed by atoms with E-state index in [9.17, 15) is 4.79 Å². The molecule has 4 aromatic rings. The van der Waals surface area contributed by atoms with E-state index in [1.165, 1.54) is 11.1 Å². The molecule has 0 aliphatic rings. The SMILES string of the molecule is CCCn1c(CCNC(=O)Cc2ccc(-c3ccccc3)cc2)nc2ccccc21. The van der Waals surface area contributed by atoms with Gasteiger partial charge in [0.2, 0.25) is 5.91 Å². The molecular weight excluding hydrogens is 370 g/mol. The Balaban J connectivity index is 1.33. The number of carbonyl (C=O) groups excluding carboxylic acids is 1. The number of aromatic nitrogens is 2. The summed E-state index contributed by atoms with van der Waals surface area (Å²) in [4.78, 5) is 17.2. The standard InChI is InChI=1S/C26H27N3O/c1-2-18-29-24-11-7-6-10-23(24)28-25(29)16-17-27-26(30)19-20-12-14-22(15-13-20)21-8-4-3-5-9-21/h3-15H,2,16-19H2,1H3,(H,27,30). The molecule has 0 fully saturated rings. The van der Waals surface area contributed by atoms with Crippen molar-refractivity contribution in [3.05, 3.63) is 90.3 Å². The number of para-hydroxylation sites is 2. The first-order valence-corrected chi connectivity index (χ1v) is 10.6. The van der Waals surface area contributed by atoms with Crippen LogP contribution in [-0.4, -0.2) is 22.0 Å². The number of nitrogens with one attached hydrogen (secondary N) is 1. The number of rotatable bonds is 8. The Kier molecular flexibility index (Phi) is 6.23. The predicted molar refractivity (Wildman–Crippen MR) is 122 cm³/mol. The monoisotopic (exact) mass is 397 g/mol. The third-order valence-electron chi connectivity index (χ3n) is 5.28. The molecule has 0 saturated carbocycles. The molecule has 0 unspecified atom stereocenters. The molecule has 1 amide bonds. The number of nitrogens with zero attached hydrogens (tertiary/aromatic N) is 2. The molecule has 3 aromatic carbocycles. The Labute approximate surface area is 177 Å². The molecule has 152 valence electrons. The summed E-state index contributed by atoms with van der Waals surface area (Å²) in [5, 5.41) is 3.05. The Hall–Kier alpha value is -3.40. The van der Waals surface area contributed by atoms with Gasteiger partial charge in [-0.2, -0.15) is 0 Å². The van der Waals surface area contributed by atoms with Gasteiger partial charge in [0.15, 0.2) is 0 Å². The Morgan fingerprint density at radius 3 is 2.37 bits per heavy atom. The number of carbonyl (C=O) groups is 1. The topological polar surface area (TPSA) is 46.9 Å². The summed E-state index contributed by atoms with van der Waals surface area (Å²) >= 11 is 0. The largest absolute Gasteiger partial charge is 0.355 e. The van der Waals surface area contributed by atoms with E-state index in [1.807, 2.05) is 48.5 Å². The van der Waals surface area contributed by atoms with E-state index in [0.29, 0.717) is 13.0 Å². The summed E-state index contributed by atoms with van der Waals surface area (Å²) < 4.78 is 2.27. The quantitative estimate of drug-likeness (QED) is 0.454. The maximum atomic E-state index is 12.4. The summed E-state index contributed by atoms with van der Waals surface area (Å²) in [7, 11) is 0. The third kappa shape index (κ3) is 4.60. The first kappa shape index (κ1) is 19.9. The lowest BCUT2D eigenvalue weighted by Gasteiger charge is -2.09. The molecular formula is C26H27N3O. The van der Waals surface area contributed by atoms with Gasteiger partial charge in [0.1, 0.15) is 5.82 Å². The summed E-state index contributed by atoms with van der Waals surface area (Å²) in [6, 6.07) is 26.7. The Bertz CT molecular complexity index is 1110. The van der Waals surface area contributed by atoms with E-state index in [1.54, 1.807) is 0 Å². The van der Waals surface area contributed by atoms with E-state index >= 15 is 0 Å². The van der Waals surface area contributed by atoms with Crippen LogP contribution in [0.3, 0.4) is 0 Å². The van der Waals surface area contributed by atoms with Crippen molar-refractivity contribution >= 4 is 16.9 Å². The van der Waals surface area contributed by atoms with Crippen molar-refractivity contribution < 1.29 is 4.79 Å². The highest BCUT2D eigenvalue weighted by Gasteiger charge is 2.10. The van der Waals surface area contributed by atoms with Crippen molar-refractivity contribution in [3.8, 4) is 11.1 Å². The predicted octanol–water partition coefficient (Wildman–Crippen LogP) is 5.01. The van der Waals surface area contributed by atoms with Crippen molar-refractivity contribution in [2.24, 2.45) is 0 Å². The van der Waals surface area contributed by atoms with E-state index in [2.05, 4.69) is 47.1 Å². The average molecular weight is 398 g/mol. The summed E-state index contributed by atoms with van der Waals surface area (Å²) in [5.41, 5.74) is 5.55. The van der Waals surface area contributed by atoms with Crippen molar-refractivity contribution in [2.75, 3.05) is 6.54 Å². The van der Waals surface area contributed by atoms with Gasteiger partial charge in [0, 0.05) is 19.5 Å². The lowest BCUT2D eigenvalue weighted by atomic mass is 10.0. The highest BCUT2D eigenvalue weighted by Crippen LogP contribution is 2.19. The smallest absolute Gasteiger partial charge is 0.224 e. The molecule has 0 bridgehead atoms. The van der Waals surface area contributed by atoms with Gasteiger partial charge in [-0.05, 0) is 35.2 Å². The van der Waals surface area contributed by atoms with E-state index in [-0.39, 0.29) is 5.91 Å². The zero-order chi connectivity index (χ0) is 20.8. The fraction of sp³-hybridized carbons (Fsp3) is 0.231. The second-order valence-corrected chi connectivity index (χ2v) is 7.51. The molecule has 0 saturated heterocycles. The first-order chi connectivity index (χ1) is 14.7. The van der Waals surface area contributed by atoms with Gasteiger partial charge in [-0.3, -0.25) is 4.79 Å². The third-order valence-corrected chi connectivity index (χ3v) is 5.28. The minimum Gasteiger partial charge on any atom is -0.355 e. The summed E-state index contributed by atoms with van der Waals surface area (Å²) in [5.74, 6) is 1.08. The number of aryl methyl sites for hydroxylation is 1. The van der Waals surface area contributed by atoms with Crippen LogP contribution < -0.4 is 5.32 Å². The molecule has 0 aliphatic heterocycles. The van der Waals surface area contributed by atoms with Crippen LogP contribution in [0.25, 0.3) is 22.2 Å². The lowest BCUT2D eigenvalue weighted by Crippen LogP contribution is -2.28. The maximum Gasteiger partial charge on any atom is 0.224 e. The second kappa shape index (κ2) is 9.40. The van der Waals surface area contributed by atoms with Crippen LogP contribution in [0.2, 0.25) is 0 Å². The molecule has 1 N–H and O–H groups in total. The molecule has 0 radical (unpaired) electrons. The minimum atomic E-state index is 0.0422. The normalized spacial score (nSPS) is 11.0. The molecule has 4 rings (SSSR count). The minimum absolute atomic E-state index is 0.0422. The van der Waals surface area contributed by atoms with Gasteiger partial charge < -0.3 is 9.88 Å². The molecule has 1 heterocycles. The number of hydrogen-bond donors (Lipinski definition) is 1. The van der Waals surface area contributed by atoms with Gasteiger partial charge in [0.25, 0.3) is 0 Å². The van der Waals surface area contributed by atoms with E-state index in [4.69, 9.17) is 4.98 Å². The maximum absolute atomic E-state index is 12.4. The van der Waals surface area contributed by atoms with Crippen LogP contribution in [-0.2, 0) is 24.2 Å². The molecule has 1 aromatic heterocycles. The van der Waals surface area contributed by atoms with Gasteiger partial charge >= 0.3 is 0 Å². The van der Waals surface area contributed by atoms with Gasteiger partial charge in [-0.15, -0.1) is 0 Å². The van der Waals surface area contributed by atoms with Crippen molar-refractivity contribution in [3.63, 3.8) is 0 Å². The highest BCUT2D eigenvalue weighted by atomic mass is 16.1. The van der Waals surface area contributed by atoms with Gasteiger partial charge in [0.05, 0.1) is 17.5 Å². The Morgan fingerprint density at radius 2 is 1.60 bits per heavy atom. The summed E-state index contributed by atoms with van der Waals surface area (Å²) in [6.07, 6.45) is 2.17. The van der Waals surface area contributed by atoms with Crippen LogP contribution in [0.15, 0.2) is 78.9 Å². The molecule has 0 atom stereocenters. The fourth-order valence-electron chi connectivity index (χ4n) is 3.80. The van der Waals surface area contributed by atoms with Crippen LogP contribution >= 0.6 is 0 Å². The van der Waals surface area contributed by atoms with Gasteiger partial charge in [-0.25, -0.2) is 4.98 Å². The van der Waals surface area contributed by atoms with Crippen LogP contribution in [0.4, 0.5) is 0 Å². The lowest BCUT2D eigenvalue weighted by molar-refractivity contribution is -0.120. The van der Waals surface area contributed by atoms with Crippen molar-refractivity contribution in [1.82, 2.24) is 14.9 Å². The average Bonchev–Trinajstić information content (AvgIpc) is 3.13. The van der Waals surface area contributed by atoms with Crippen LogP contribution in [0.1, 0.15) is 24.7 Å². The van der Waals surface area contributed by atoms with Crippen LogP contribution in [0, 0.1) is 0 Å². The Morgan fingerprint density at radius 1 is 0.900 bits per heavy atom. The molecule has 0 aliphatic carbocycles. The zero-order valence-electron chi connectivity index (χ0n) is 17.3. The number of imidazole rings is 1. The van der Waals surface area contributed by atoms with E-state index in [0.717, 1.165) is 41.9 Å². The zero-order valence-corrected chi connectivity index (χ0v) is 17.3. The summed E-state index contributed by atoms with van der Waals surface area (Å²) in [6.45, 7) is 3.70. The molecule has 0 spiro atoms. The van der Waals surface area contributed by atoms with Crippen molar-refractivity contribution in [2.45, 2.75) is 32.7 Å². The first-order valence-electron chi connectivity index (χ1n) is 10.6. The van der Waals surface area contributed by atoms with E-state index < -0.39 is 0 Å². The number of benzene rings is 3.